The average molecular weight is 498 g/mol. The lowest BCUT2D eigenvalue weighted by atomic mass is 9.83. The number of aromatic nitrogens is 3. The number of halogens is 2. The molecular formula is C26H29ClFN5O2. The number of nitrogens with one attached hydrogen (secondary N) is 2. The van der Waals surface area contributed by atoms with E-state index in [-0.39, 0.29) is 39.9 Å². The molecule has 1 aliphatic heterocycles. The molecule has 0 aliphatic carbocycles. The fourth-order valence-corrected chi connectivity index (χ4v) is 4.35. The Labute approximate surface area is 209 Å². The number of fused-ring (bicyclic) bond motifs is 2. The first kappa shape index (κ1) is 24.9. The Morgan fingerprint density at radius 2 is 2.09 bits per heavy atom. The van der Waals surface area contributed by atoms with Gasteiger partial charge in [-0.2, -0.15) is 5.10 Å². The third-order valence-electron chi connectivity index (χ3n) is 6.53. The van der Waals surface area contributed by atoms with Crippen molar-refractivity contribution in [1.29, 1.82) is 0 Å². The van der Waals surface area contributed by atoms with Crippen molar-refractivity contribution in [3.8, 4) is 5.69 Å². The van der Waals surface area contributed by atoms with Gasteiger partial charge in [-0.15, -0.1) is 0 Å². The van der Waals surface area contributed by atoms with Gasteiger partial charge in [0.2, 0.25) is 5.91 Å². The van der Waals surface area contributed by atoms with E-state index in [9.17, 15) is 14.0 Å². The van der Waals surface area contributed by atoms with E-state index in [4.69, 9.17) is 11.6 Å². The van der Waals surface area contributed by atoms with Crippen molar-refractivity contribution >= 4 is 23.4 Å². The third kappa shape index (κ3) is 5.53. The maximum atomic E-state index is 14.4. The Balaban J connectivity index is 1.60. The molecule has 184 valence electrons. The highest BCUT2D eigenvalue weighted by atomic mass is 35.5. The Kier molecular flexibility index (Phi) is 7.21. The van der Waals surface area contributed by atoms with E-state index in [1.165, 1.54) is 29.2 Å². The molecule has 0 spiro atoms. The van der Waals surface area contributed by atoms with Crippen LogP contribution in [0.25, 0.3) is 5.69 Å². The number of hydrogen-bond acceptors (Lipinski definition) is 4. The monoisotopic (exact) mass is 497 g/mol. The number of pyridine rings is 1. The molecule has 2 N–H and O–H groups in total. The van der Waals surface area contributed by atoms with Crippen LogP contribution in [0.1, 0.15) is 67.7 Å². The predicted octanol–water partition coefficient (Wildman–Crippen LogP) is 4.74. The van der Waals surface area contributed by atoms with Crippen LogP contribution in [0.15, 0.2) is 48.9 Å². The Morgan fingerprint density at radius 3 is 2.89 bits per heavy atom. The number of rotatable bonds is 3. The zero-order chi connectivity index (χ0) is 25.2. The van der Waals surface area contributed by atoms with Crippen molar-refractivity contribution in [3.63, 3.8) is 0 Å². The van der Waals surface area contributed by atoms with Gasteiger partial charge in [-0.25, -0.2) is 9.07 Å². The largest absolute Gasteiger partial charge is 0.355 e. The maximum absolute atomic E-state index is 14.4. The Hall–Kier alpha value is -3.26. The summed E-state index contributed by atoms with van der Waals surface area (Å²) >= 11 is 5.88. The summed E-state index contributed by atoms with van der Waals surface area (Å²) in [5.74, 6) is -1.04. The van der Waals surface area contributed by atoms with Crippen molar-refractivity contribution in [2.24, 2.45) is 5.92 Å². The standard InChI is InChI=1S/C26H29ClFN5O2/c1-16-6-4-8-20(21-12-18(10-11-29-21)26(2,3)15-30-24(16)34)32-25(35)17-13-31-33(14-17)22-9-5-7-19(27)23(22)28/h5,7,9-14,16,20H,4,6,8,15H2,1-3H3,(H,30,34)(H,32,35)/t16-,20+/m1/s1. The summed E-state index contributed by atoms with van der Waals surface area (Å²) in [6.45, 7) is 6.57. The van der Waals surface area contributed by atoms with Gasteiger partial charge in [0.25, 0.3) is 5.91 Å². The van der Waals surface area contributed by atoms with Gasteiger partial charge < -0.3 is 10.6 Å². The molecule has 0 fully saturated rings. The highest BCUT2D eigenvalue weighted by molar-refractivity contribution is 6.30. The summed E-state index contributed by atoms with van der Waals surface area (Å²) in [5, 5.41) is 10.3. The first-order chi connectivity index (χ1) is 16.7. The van der Waals surface area contributed by atoms with Crippen LogP contribution >= 0.6 is 11.6 Å². The van der Waals surface area contributed by atoms with E-state index >= 15 is 0 Å². The topological polar surface area (TPSA) is 88.9 Å². The minimum atomic E-state index is -0.606. The summed E-state index contributed by atoms with van der Waals surface area (Å²) in [6, 6.07) is 8.19. The van der Waals surface area contributed by atoms with Crippen molar-refractivity contribution in [3.05, 3.63) is 76.6 Å². The zero-order valence-electron chi connectivity index (χ0n) is 20.0. The lowest BCUT2D eigenvalue weighted by Crippen LogP contribution is -2.39. The highest BCUT2D eigenvalue weighted by Gasteiger charge is 2.27. The van der Waals surface area contributed by atoms with Crippen molar-refractivity contribution in [2.75, 3.05) is 6.54 Å². The summed E-state index contributed by atoms with van der Waals surface area (Å²) in [6.07, 6.45) is 6.66. The number of carbonyl (C=O) groups excluding carboxylic acids is 2. The lowest BCUT2D eigenvalue weighted by Gasteiger charge is -2.29. The number of benzene rings is 1. The van der Waals surface area contributed by atoms with Gasteiger partial charge in [-0.1, -0.05) is 44.9 Å². The van der Waals surface area contributed by atoms with E-state index in [2.05, 4.69) is 34.6 Å². The molecule has 2 bridgehead atoms. The molecule has 3 heterocycles. The Bertz CT molecular complexity index is 1240. The molecule has 1 aromatic carbocycles. The predicted molar refractivity (Wildman–Crippen MR) is 132 cm³/mol. The number of carbonyl (C=O) groups is 2. The summed E-state index contributed by atoms with van der Waals surface area (Å²) in [4.78, 5) is 30.2. The van der Waals surface area contributed by atoms with E-state index in [0.717, 1.165) is 17.7 Å². The maximum Gasteiger partial charge on any atom is 0.255 e. The van der Waals surface area contributed by atoms with E-state index in [1.807, 2.05) is 19.1 Å². The second-order valence-electron chi connectivity index (χ2n) is 9.68. The molecule has 7 nitrogen and oxygen atoms in total. The van der Waals surface area contributed by atoms with Crippen LogP contribution in [0.5, 0.6) is 0 Å². The summed E-state index contributed by atoms with van der Waals surface area (Å²) < 4.78 is 15.7. The third-order valence-corrected chi connectivity index (χ3v) is 6.82. The minimum Gasteiger partial charge on any atom is -0.355 e. The van der Waals surface area contributed by atoms with Crippen LogP contribution in [0.2, 0.25) is 5.02 Å². The SMILES string of the molecule is C[C@@H]1CCC[C@H](NC(=O)c2cnn(-c3cccc(Cl)c3F)c2)c2cc(ccn2)C(C)(C)CNC1=O. The molecule has 0 unspecified atom stereocenters. The molecule has 35 heavy (non-hydrogen) atoms. The van der Waals surface area contributed by atoms with E-state index in [0.29, 0.717) is 24.9 Å². The highest BCUT2D eigenvalue weighted by Crippen LogP contribution is 2.28. The second-order valence-corrected chi connectivity index (χ2v) is 10.1. The van der Waals surface area contributed by atoms with E-state index in [1.54, 1.807) is 12.3 Å². The lowest BCUT2D eigenvalue weighted by molar-refractivity contribution is -0.125. The van der Waals surface area contributed by atoms with Crippen LogP contribution in [0.4, 0.5) is 4.39 Å². The van der Waals surface area contributed by atoms with Crippen molar-refractivity contribution < 1.29 is 14.0 Å². The molecule has 3 aromatic rings. The molecule has 4 rings (SSSR count). The first-order valence-electron chi connectivity index (χ1n) is 11.7. The minimum absolute atomic E-state index is 0.0194. The first-order valence-corrected chi connectivity index (χ1v) is 12.1. The average Bonchev–Trinajstić information content (AvgIpc) is 3.33. The molecule has 2 atom stereocenters. The molecule has 1 aliphatic rings. The molecule has 2 amide bonds. The molecule has 0 saturated heterocycles. The summed E-state index contributed by atoms with van der Waals surface area (Å²) in [5.41, 5.74) is 1.94. The van der Waals surface area contributed by atoms with Gasteiger partial charge >= 0.3 is 0 Å². The van der Waals surface area contributed by atoms with Crippen LogP contribution in [-0.4, -0.2) is 33.1 Å². The Morgan fingerprint density at radius 1 is 1.29 bits per heavy atom. The van der Waals surface area contributed by atoms with Crippen LogP contribution in [-0.2, 0) is 10.2 Å². The molecule has 0 radical (unpaired) electrons. The van der Waals surface area contributed by atoms with Gasteiger partial charge in [0, 0.05) is 30.3 Å². The van der Waals surface area contributed by atoms with Crippen molar-refractivity contribution in [1.82, 2.24) is 25.4 Å². The molecule has 9 heteroatoms. The fourth-order valence-electron chi connectivity index (χ4n) is 4.18. The van der Waals surface area contributed by atoms with Gasteiger partial charge in [0.15, 0.2) is 5.82 Å². The van der Waals surface area contributed by atoms with Gasteiger partial charge in [0.1, 0.15) is 5.69 Å². The zero-order valence-corrected chi connectivity index (χ0v) is 20.8. The quantitative estimate of drug-likeness (QED) is 0.546. The van der Waals surface area contributed by atoms with Crippen LogP contribution in [0.3, 0.4) is 0 Å². The molecule has 2 aromatic heterocycles. The van der Waals surface area contributed by atoms with Crippen molar-refractivity contribution in [2.45, 2.75) is 51.5 Å². The second kappa shape index (κ2) is 10.2. The smallest absolute Gasteiger partial charge is 0.255 e. The van der Waals surface area contributed by atoms with Gasteiger partial charge in [-0.05, 0) is 42.7 Å². The number of hydrogen-bond donors (Lipinski definition) is 2. The fraction of sp³-hybridized carbons (Fsp3) is 0.385. The normalized spacial score (nSPS) is 20.3. The van der Waals surface area contributed by atoms with Crippen LogP contribution in [0, 0.1) is 11.7 Å². The van der Waals surface area contributed by atoms with E-state index < -0.39 is 5.82 Å². The summed E-state index contributed by atoms with van der Waals surface area (Å²) in [7, 11) is 0. The number of nitrogens with zero attached hydrogens (tertiary/aromatic N) is 3. The number of amides is 2. The van der Waals surface area contributed by atoms with Crippen LogP contribution < -0.4 is 10.6 Å². The van der Waals surface area contributed by atoms with Gasteiger partial charge in [0.05, 0.1) is 28.5 Å². The van der Waals surface area contributed by atoms with Gasteiger partial charge in [-0.3, -0.25) is 14.6 Å². The molecular weight excluding hydrogens is 469 g/mol. The molecule has 0 saturated carbocycles.